The Morgan fingerprint density at radius 1 is 1.25 bits per heavy atom. The Bertz CT molecular complexity index is 285. The van der Waals surface area contributed by atoms with Crippen molar-refractivity contribution >= 4 is 38.9 Å². The van der Waals surface area contributed by atoms with Crippen molar-refractivity contribution in [3.63, 3.8) is 0 Å². The number of thiophene rings is 1. The SMILES string of the molecule is CCCCCCCCC(Cl)c1sccc1Br. The Morgan fingerprint density at radius 3 is 2.56 bits per heavy atom. The van der Waals surface area contributed by atoms with E-state index >= 15 is 0 Å². The highest BCUT2D eigenvalue weighted by atomic mass is 79.9. The molecule has 16 heavy (non-hydrogen) atoms. The maximum atomic E-state index is 6.37. The molecule has 3 heteroatoms. The maximum Gasteiger partial charge on any atom is 0.0689 e. The number of alkyl halides is 1. The normalized spacial score (nSPS) is 12.9. The van der Waals surface area contributed by atoms with E-state index < -0.39 is 0 Å². The Labute approximate surface area is 117 Å². The molecule has 0 bridgehead atoms. The molecular formula is C13H20BrClS. The third kappa shape index (κ3) is 5.20. The molecule has 1 rings (SSSR count). The largest absolute Gasteiger partial charge is 0.146 e. The first-order valence-corrected chi connectivity index (χ1v) is 8.23. The van der Waals surface area contributed by atoms with Gasteiger partial charge in [0.1, 0.15) is 0 Å². The zero-order valence-electron chi connectivity index (χ0n) is 9.85. The van der Waals surface area contributed by atoms with Crippen LogP contribution >= 0.6 is 38.9 Å². The summed E-state index contributed by atoms with van der Waals surface area (Å²) in [7, 11) is 0. The first-order chi connectivity index (χ1) is 7.75. The van der Waals surface area contributed by atoms with Crippen LogP contribution in [0.25, 0.3) is 0 Å². The van der Waals surface area contributed by atoms with Gasteiger partial charge in [0, 0.05) is 9.35 Å². The zero-order valence-corrected chi connectivity index (χ0v) is 13.0. The minimum atomic E-state index is 0.195. The number of rotatable bonds is 8. The van der Waals surface area contributed by atoms with Crippen molar-refractivity contribution in [3.05, 3.63) is 20.8 Å². The summed E-state index contributed by atoms with van der Waals surface area (Å²) < 4.78 is 1.17. The molecule has 0 spiro atoms. The van der Waals surface area contributed by atoms with Gasteiger partial charge < -0.3 is 0 Å². The summed E-state index contributed by atoms with van der Waals surface area (Å²) in [5.74, 6) is 0. The minimum absolute atomic E-state index is 0.195. The van der Waals surface area contributed by atoms with Gasteiger partial charge in [-0.05, 0) is 33.8 Å². The highest BCUT2D eigenvalue weighted by Gasteiger charge is 2.12. The van der Waals surface area contributed by atoms with Crippen molar-refractivity contribution in [3.8, 4) is 0 Å². The van der Waals surface area contributed by atoms with Crippen LogP contribution in [0.5, 0.6) is 0 Å². The van der Waals surface area contributed by atoms with Gasteiger partial charge in [-0.15, -0.1) is 22.9 Å². The van der Waals surface area contributed by atoms with Gasteiger partial charge in [0.2, 0.25) is 0 Å². The molecule has 1 unspecified atom stereocenters. The predicted octanol–water partition coefficient (Wildman–Crippen LogP) is 6.54. The quantitative estimate of drug-likeness (QED) is 0.376. The lowest BCUT2D eigenvalue weighted by Crippen LogP contribution is -1.88. The van der Waals surface area contributed by atoms with Crippen LogP contribution in [0, 0.1) is 0 Å². The van der Waals surface area contributed by atoms with E-state index in [1.807, 2.05) is 0 Å². The summed E-state index contributed by atoms with van der Waals surface area (Å²) in [6, 6.07) is 2.08. The molecule has 0 aliphatic heterocycles. The summed E-state index contributed by atoms with van der Waals surface area (Å²) in [5.41, 5.74) is 0. The number of unbranched alkanes of at least 4 members (excludes halogenated alkanes) is 5. The summed E-state index contributed by atoms with van der Waals surface area (Å²) in [6.07, 6.45) is 9.12. The van der Waals surface area contributed by atoms with Gasteiger partial charge in [-0.3, -0.25) is 0 Å². The fraction of sp³-hybridized carbons (Fsp3) is 0.692. The van der Waals surface area contributed by atoms with Gasteiger partial charge in [0.25, 0.3) is 0 Å². The minimum Gasteiger partial charge on any atom is -0.146 e. The van der Waals surface area contributed by atoms with E-state index in [-0.39, 0.29) is 5.38 Å². The van der Waals surface area contributed by atoms with E-state index in [9.17, 15) is 0 Å². The number of hydrogen-bond donors (Lipinski definition) is 0. The van der Waals surface area contributed by atoms with Gasteiger partial charge in [-0.2, -0.15) is 0 Å². The second kappa shape index (κ2) is 8.54. The lowest BCUT2D eigenvalue weighted by molar-refractivity contribution is 0.586. The van der Waals surface area contributed by atoms with Crippen molar-refractivity contribution in [1.82, 2.24) is 0 Å². The van der Waals surface area contributed by atoms with Crippen molar-refractivity contribution in [2.45, 2.75) is 57.2 Å². The molecule has 0 aliphatic rings. The van der Waals surface area contributed by atoms with Crippen molar-refractivity contribution in [2.75, 3.05) is 0 Å². The van der Waals surface area contributed by atoms with Gasteiger partial charge in [0.15, 0.2) is 0 Å². The van der Waals surface area contributed by atoms with Gasteiger partial charge >= 0.3 is 0 Å². The third-order valence-corrected chi connectivity index (χ3v) is 5.29. The average molecular weight is 324 g/mol. The van der Waals surface area contributed by atoms with E-state index in [4.69, 9.17) is 11.6 Å². The predicted molar refractivity (Wildman–Crippen MR) is 78.6 cm³/mol. The topological polar surface area (TPSA) is 0 Å². The molecule has 0 fully saturated rings. The lowest BCUT2D eigenvalue weighted by Gasteiger charge is -2.07. The van der Waals surface area contributed by atoms with Crippen molar-refractivity contribution < 1.29 is 0 Å². The molecule has 92 valence electrons. The highest BCUT2D eigenvalue weighted by Crippen LogP contribution is 2.36. The maximum absolute atomic E-state index is 6.37. The van der Waals surface area contributed by atoms with Gasteiger partial charge in [-0.1, -0.05) is 45.4 Å². The Balaban J connectivity index is 2.11. The van der Waals surface area contributed by atoms with E-state index in [0.717, 1.165) is 6.42 Å². The summed E-state index contributed by atoms with van der Waals surface area (Å²) in [4.78, 5) is 1.29. The molecule has 1 aromatic heterocycles. The summed E-state index contributed by atoms with van der Waals surface area (Å²) in [5, 5.41) is 2.29. The van der Waals surface area contributed by atoms with Crippen LogP contribution in [0.3, 0.4) is 0 Å². The Hall–Kier alpha value is 0.470. The van der Waals surface area contributed by atoms with Crippen LogP contribution in [0.15, 0.2) is 15.9 Å². The Morgan fingerprint density at radius 2 is 1.94 bits per heavy atom. The lowest BCUT2D eigenvalue weighted by atomic mass is 10.1. The third-order valence-electron chi connectivity index (χ3n) is 2.74. The van der Waals surface area contributed by atoms with Gasteiger partial charge in [-0.25, -0.2) is 0 Å². The van der Waals surface area contributed by atoms with E-state index in [1.165, 1.54) is 47.9 Å². The van der Waals surface area contributed by atoms with Crippen LogP contribution in [0.1, 0.15) is 62.1 Å². The Kier molecular flexibility index (Phi) is 7.76. The van der Waals surface area contributed by atoms with Crippen molar-refractivity contribution in [1.29, 1.82) is 0 Å². The van der Waals surface area contributed by atoms with E-state index in [2.05, 4.69) is 34.3 Å². The molecule has 0 N–H and O–H groups in total. The van der Waals surface area contributed by atoms with Crippen LogP contribution in [0.2, 0.25) is 0 Å². The molecule has 0 saturated carbocycles. The van der Waals surface area contributed by atoms with Crippen LogP contribution in [0.4, 0.5) is 0 Å². The molecule has 0 amide bonds. The molecule has 1 atom stereocenters. The number of halogens is 2. The molecule has 0 saturated heterocycles. The fourth-order valence-electron chi connectivity index (χ4n) is 1.76. The fourth-order valence-corrected chi connectivity index (χ4v) is 3.98. The first-order valence-electron chi connectivity index (χ1n) is 6.12. The molecule has 0 nitrogen and oxygen atoms in total. The van der Waals surface area contributed by atoms with E-state index in [0.29, 0.717) is 0 Å². The second-order valence-electron chi connectivity index (χ2n) is 4.16. The second-order valence-corrected chi connectivity index (χ2v) is 6.49. The number of hydrogen-bond acceptors (Lipinski definition) is 1. The first kappa shape index (κ1) is 14.5. The summed E-state index contributed by atoms with van der Waals surface area (Å²) in [6.45, 7) is 2.25. The van der Waals surface area contributed by atoms with Crippen molar-refractivity contribution in [2.24, 2.45) is 0 Å². The monoisotopic (exact) mass is 322 g/mol. The molecule has 1 heterocycles. The molecule has 0 aromatic carbocycles. The smallest absolute Gasteiger partial charge is 0.0689 e. The highest BCUT2D eigenvalue weighted by molar-refractivity contribution is 9.10. The molecule has 0 aliphatic carbocycles. The van der Waals surface area contributed by atoms with Crippen LogP contribution in [-0.2, 0) is 0 Å². The molecule has 1 aromatic rings. The summed E-state index contributed by atoms with van der Waals surface area (Å²) >= 11 is 11.7. The zero-order chi connectivity index (χ0) is 11.8. The van der Waals surface area contributed by atoms with Crippen LogP contribution < -0.4 is 0 Å². The van der Waals surface area contributed by atoms with Crippen LogP contribution in [-0.4, -0.2) is 0 Å². The molecular weight excluding hydrogens is 304 g/mol. The average Bonchev–Trinajstić information content (AvgIpc) is 2.69. The standard InChI is InChI=1S/C13H20BrClS/c1-2-3-4-5-6-7-8-12(15)13-11(14)9-10-16-13/h9-10,12H,2-8H2,1H3. The molecule has 0 radical (unpaired) electrons. The van der Waals surface area contributed by atoms with E-state index in [1.54, 1.807) is 11.3 Å². The van der Waals surface area contributed by atoms with Gasteiger partial charge in [0.05, 0.1) is 5.38 Å².